The molecule has 0 saturated heterocycles. The zero-order valence-electron chi connectivity index (χ0n) is 12.7. The Balaban J connectivity index is 2.40. The molecule has 0 aliphatic carbocycles. The number of aliphatic hydroxyl groups is 1. The molecule has 2 N–H and O–H groups in total. The highest BCUT2D eigenvalue weighted by Crippen LogP contribution is 2.17. The maximum absolute atomic E-state index is 12.0. The van der Waals surface area contributed by atoms with Crippen LogP contribution >= 0.6 is 11.3 Å². The third-order valence-corrected chi connectivity index (χ3v) is 3.85. The first kappa shape index (κ1) is 17.1. The Kier molecular flexibility index (Phi) is 6.17. The van der Waals surface area contributed by atoms with Crippen LogP contribution in [0.25, 0.3) is 0 Å². The Labute approximate surface area is 125 Å². The fraction of sp³-hybridized carbons (Fsp3) is 0.667. The summed E-state index contributed by atoms with van der Waals surface area (Å²) in [7, 11) is 0. The molecule has 0 saturated carbocycles. The highest BCUT2D eigenvalue weighted by atomic mass is 32.1. The molecule has 0 bridgehead atoms. The molecule has 0 fully saturated rings. The van der Waals surface area contributed by atoms with Gasteiger partial charge in [-0.1, -0.05) is 0 Å². The lowest BCUT2D eigenvalue weighted by molar-refractivity contribution is -0.0388. The van der Waals surface area contributed by atoms with Crippen molar-refractivity contribution in [1.82, 2.24) is 5.32 Å². The molecular weight excluding hydrogens is 274 g/mol. The summed E-state index contributed by atoms with van der Waals surface area (Å²) in [5.41, 5.74) is 0.0425. The minimum atomic E-state index is -0.331. The van der Waals surface area contributed by atoms with Gasteiger partial charge in [-0.15, -0.1) is 0 Å². The van der Waals surface area contributed by atoms with E-state index in [0.29, 0.717) is 18.6 Å². The van der Waals surface area contributed by atoms with Crippen molar-refractivity contribution in [3.05, 3.63) is 22.4 Å². The predicted octanol–water partition coefficient (Wildman–Crippen LogP) is 2.82. The number of nitrogens with one attached hydrogen (secondary N) is 1. The Morgan fingerprint density at radius 2 is 2.05 bits per heavy atom. The molecule has 1 aromatic heterocycles. The van der Waals surface area contributed by atoms with Crippen molar-refractivity contribution in [3.8, 4) is 0 Å². The number of amides is 1. The first-order chi connectivity index (χ1) is 9.26. The van der Waals surface area contributed by atoms with Crippen LogP contribution in [0.5, 0.6) is 0 Å². The van der Waals surface area contributed by atoms with E-state index < -0.39 is 0 Å². The van der Waals surface area contributed by atoms with Gasteiger partial charge in [-0.05, 0) is 52.0 Å². The van der Waals surface area contributed by atoms with Crippen molar-refractivity contribution in [1.29, 1.82) is 0 Å². The first-order valence-electron chi connectivity index (χ1n) is 6.85. The maximum Gasteiger partial charge on any atom is 0.252 e. The first-order valence-corrected chi connectivity index (χ1v) is 7.80. The van der Waals surface area contributed by atoms with Crippen LogP contribution in [0.15, 0.2) is 16.8 Å². The van der Waals surface area contributed by atoms with Gasteiger partial charge < -0.3 is 15.2 Å². The van der Waals surface area contributed by atoms with Crippen molar-refractivity contribution in [2.75, 3.05) is 13.2 Å². The molecule has 0 unspecified atom stereocenters. The van der Waals surface area contributed by atoms with Crippen LogP contribution < -0.4 is 5.32 Å². The Hall–Kier alpha value is -0.910. The summed E-state index contributed by atoms with van der Waals surface area (Å²) in [6, 6.07) is 1.82. The normalized spacial score (nSPS) is 12.4. The fourth-order valence-corrected chi connectivity index (χ4v) is 2.40. The zero-order valence-corrected chi connectivity index (χ0v) is 13.5. The number of hydrogen-bond acceptors (Lipinski definition) is 4. The van der Waals surface area contributed by atoms with Crippen molar-refractivity contribution >= 4 is 17.2 Å². The molecule has 0 spiro atoms. The average Bonchev–Trinajstić information content (AvgIpc) is 2.80. The summed E-state index contributed by atoms with van der Waals surface area (Å²) in [5.74, 6) is -0.0501. The van der Waals surface area contributed by atoms with E-state index in [1.54, 1.807) is 0 Å². The second kappa shape index (κ2) is 7.20. The van der Waals surface area contributed by atoms with Gasteiger partial charge >= 0.3 is 0 Å². The molecule has 4 nitrogen and oxygen atoms in total. The zero-order chi connectivity index (χ0) is 15.2. The van der Waals surface area contributed by atoms with Crippen molar-refractivity contribution in [2.24, 2.45) is 0 Å². The van der Waals surface area contributed by atoms with Crippen LogP contribution in [0.3, 0.4) is 0 Å². The number of carbonyl (C=O) groups is 1. The largest absolute Gasteiger partial charge is 0.396 e. The monoisotopic (exact) mass is 299 g/mol. The minimum absolute atomic E-state index is 0.0501. The third kappa shape index (κ3) is 6.03. The van der Waals surface area contributed by atoms with Crippen LogP contribution in [-0.4, -0.2) is 35.4 Å². The molecule has 0 aromatic carbocycles. The van der Waals surface area contributed by atoms with E-state index in [2.05, 4.69) is 5.32 Å². The number of carbonyl (C=O) groups excluding carboxylic acids is 1. The van der Waals surface area contributed by atoms with Gasteiger partial charge in [0.05, 0.1) is 11.2 Å². The molecule has 20 heavy (non-hydrogen) atoms. The van der Waals surface area contributed by atoms with Gasteiger partial charge in [0.15, 0.2) is 0 Å². The van der Waals surface area contributed by atoms with E-state index in [1.807, 2.05) is 44.5 Å². The number of thiophene rings is 1. The number of ether oxygens (including phenoxy) is 1. The Bertz CT molecular complexity index is 413. The average molecular weight is 299 g/mol. The van der Waals surface area contributed by atoms with Gasteiger partial charge in [-0.25, -0.2) is 0 Å². The Morgan fingerprint density at radius 1 is 1.35 bits per heavy atom. The highest BCUT2D eigenvalue weighted by molar-refractivity contribution is 7.08. The molecule has 0 aliphatic rings. The molecule has 114 valence electrons. The van der Waals surface area contributed by atoms with Crippen molar-refractivity contribution in [2.45, 2.75) is 51.7 Å². The Morgan fingerprint density at radius 3 is 2.60 bits per heavy atom. The summed E-state index contributed by atoms with van der Waals surface area (Å²) in [6.45, 7) is 8.55. The summed E-state index contributed by atoms with van der Waals surface area (Å²) in [5, 5.41) is 15.7. The molecule has 5 heteroatoms. The van der Waals surface area contributed by atoms with E-state index >= 15 is 0 Å². The summed E-state index contributed by atoms with van der Waals surface area (Å²) in [4.78, 5) is 12.0. The molecule has 1 aromatic rings. The molecule has 1 amide bonds. The van der Waals surface area contributed by atoms with Gasteiger partial charge in [-0.2, -0.15) is 11.3 Å². The second-order valence-electron chi connectivity index (χ2n) is 6.18. The summed E-state index contributed by atoms with van der Waals surface area (Å²) >= 11 is 1.51. The topological polar surface area (TPSA) is 58.6 Å². The highest BCUT2D eigenvalue weighted by Gasteiger charge is 2.23. The molecule has 0 radical (unpaired) electrons. The predicted molar refractivity (Wildman–Crippen MR) is 82.2 cm³/mol. The lowest BCUT2D eigenvalue weighted by Gasteiger charge is -2.30. The van der Waals surface area contributed by atoms with Gasteiger partial charge in [0.25, 0.3) is 5.91 Å². The maximum atomic E-state index is 12.0. The SMILES string of the molecule is CC(C)(CCOC(C)(C)CCO)NC(=O)c1ccsc1. The van der Waals surface area contributed by atoms with Gasteiger partial charge in [0.1, 0.15) is 0 Å². The number of hydrogen-bond donors (Lipinski definition) is 2. The number of rotatable bonds is 8. The van der Waals surface area contributed by atoms with Gasteiger partial charge in [0, 0.05) is 24.1 Å². The third-order valence-electron chi connectivity index (χ3n) is 3.17. The standard InChI is InChI=1S/C15H25NO3S/c1-14(2,7-9-19-15(3,4)6-8-17)16-13(18)12-5-10-20-11-12/h5,10-11,17H,6-9H2,1-4H3,(H,16,18). The molecule has 1 rings (SSSR count). The quantitative estimate of drug-likeness (QED) is 0.776. The summed E-state index contributed by atoms with van der Waals surface area (Å²) < 4.78 is 5.77. The lowest BCUT2D eigenvalue weighted by Crippen LogP contribution is -2.44. The van der Waals surface area contributed by atoms with E-state index in [4.69, 9.17) is 9.84 Å². The van der Waals surface area contributed by atoms with Crippen LogP contribution in [-0.2, 0) is 4.74 Å². The molecular formula is C15H25NO3S. The van der Waals surface area contributed by atoms with Crippen molar-refractivity contribution in [3.63, 3.8) is 0 Å². The van der Waals surface area contributed by atoms with Crippen LogP contribution in [0, 0.1) is 0 Å². The lowest BCUT2D eigenvalue weighted by atomic mass is 10.00. The minimum Gasteiger partial charge on any atom is -0.396 e. The van der Waals surface area contributed by atoms with E-state index in [9.17, 15) is 4.79 Å². The van der Waals surface area contributed by atoms with Crippen LogP contribution in [0.1, 0.15) is 50.9 Å². The van der Waals surface area contributed by atoms with E-state index in [1.165, 1.54) is 11.3 Å². The smallest absolute Gasteiger partial charge is 0.252 e. The van der Waals surface area contributed by atoms with E-state index in [0.717, 1.165) is 6.42 Å². The fourth-order valence-electron chi connectivity index (χ4n) is 1.76. The number of aliphatic hydroxyl groups excluding tert-OH is 1. The van der Waals surface area contributed by atoms with Gasteiger partial charge in [-0.3, -0.25) is 4.79 Å². The molecule has 1 heterocycles. The van der Waals surface area contributed by atoms with Crippen LogP contribution in [0.2, 0.25) is 0 Å². The van der Waals surface area contributed by atoms with Gasteiger partial charge in [0.2, 0.25) is 0 Å². The van der Waals surface area contributed by atoms with E-state index in [-0.39, 0.29) is 23.7 Å². The summed E-state index contributed by atoms with van der Waals surface area (Å²) in [6.07, 6.45) is 1.33. The second-order valence-corrected chi connectivity index (χ2v) is 6.96. The van der Waals surface area contributed by atoms with Crippen LogP contribution in [0.4, 0.5) is 0 Å². The molecule has 0 atom stereocenters. The molecule has 0 aliphatic heterocycles. The van der Waals surface area contributed by atoms with Crippen molar-refractivity contribution < 1.29 is 14.6 Å².